The molecular weight excluding hydrogens is 158 g/mol. The first-order valence-electron chi connectivity index (χ1n) is 3.56. The fourth-order valence-electron chi connectivity index (χ4n) is 0.585. The lowest BCUT2D eigenvalue weighted by molar-refractivity contribution is 0.800. The van der Waals surface area contributed by atoms with Crippen molar-refractivity contribution in [3.63, 3.8) is 0 Å². The molecule has 0 bridgehead atoms. The Balaban J connectivity index is 2.35. The van der Waals surface area contributed by atoms with E-state index in [2.05, 4.69) is 36.0 Å². The van der Waals surface area contributed by atoms with Gasteiger partial charge in [0, 0.05) is 4.75 Å². The van der Waals surface area contributed by atoms with Gasteiger partial charge in [-0.05, 0) is 0 Å². The number of aromatic nitrogens is 3. The zero-order chi connectivity index (χ0) is 8.32. The summed E-state index contributed by atoms with van der Waals surface area (Å²) in [4.78, 5) is 4.03. The van der Waals surface area contributed by atoms with Gasteiger partial charge in [-0.1, -0.05) is 20.8 Å². The van der Waals surface area contributed by atoms with Gasteiger partial charge in [0.2, 0.25) is 0 Å². The number of aromatic amines is 1. The minimum atomic E-state index is 0.298. The third kappa shape index (κ3) is 3.41. The van der Waals surface area contributed by atoms with E-state index in [1.807, 2.05) is 11.8 Å². The van der Waals surface area contributed by atoms with Crippen molar-refractivity contribution in [1.29, 1.82) is 0 Å². The second kappa shape index (κ2) is 3.26. The minimum Gasteiger partial charge on any atom is -0.263 e. The second-order valence-electron chi connectivity index (χ2n) is 3.33. The molecule has 1 rings (SSSR count). The van der Waals surface area contributed by atoms with Crippen molar-refractivity contribution in [2.75, 3.05) is 0 Å². The van der Waals surface area contributed by atoms with Gasteiger partial charge in [0.15, 0.2) is 0 Å². The maximum Gasteiger partial charge on any atom is 0.137 e. The van der Waals surface area contributed by atoms with E-state index in [4.69, 9.17) is 0 Å². The molecule has 1 aromatic heterocycles. The topological polar surface area (TPSA) is 41.6 Å². The van der Waals surface area contributed by atoms with Crippen LogP contribution in [0.15, 0.2) is 6.33 Å². The maximum absolute atomic E-state index is 4.03. The van der Waals surface area contributed by atoms with E-state index < -0.39 is 0 Å². The predicted molar refractivity (Wildman–Crippen MR) is 47.4 cm³/mol. The summed E-state index contributed by atoms with van der Waals surface area (Å²) in [5, 5.41) is 6.60. The van der Waals surface area contributed by atoms with Crippen LogP contribution in [-0.4, -0.2) is 19.9 Å². The Kier molecular flexibility index (Phi) is 2.54. The average Bonchev–Trinajstić information content (AvgIpc) is 2.32. The van der Waals surface area contributed by atoms with Crippen LogP contribution in [0.25, 0.3) is 0 Å². The fourth-order valence-corrected chi connectivity index (χ4v) is 1.29. The highest BCUT2D eigenvalue weighted by Crippen LogP contribution is 2.25. The lowest BCUT2D eigenvalue weighted by atomic mass is 10.3. The molecule has 0 radical (unpaired) electrons. The van der Waals surface area contributed by atoms with Crippen LogP contribution >= 0.6 is 11.8 Å². The Bertz CT molecular complexity index is 200. The summed E-state index contributed by atoms with van der Waals surface area (Å²) in [6, 6.07) is 0. The highest BCUT2D eigenvalue weighted by Gasteiger charge is 2.10. The molecule has 0 atom stereocenters. The number of hydrogen-bond donors (Lipinski definition) is 1. The highest BCUT2D eigenvalue weighted by molar-refractivity contribution is 7.99. The van der Waals surface area contributed by atoms with E-state index in [-0.39, 0.29) is 0 Å². The number of nitrogens with one attached hydrogen (secondary N) is 1. The fraction of sp³-hybridized carbons (Fsp3) is 0.714. The number of thioether (sulfide) groups is 1. The van der Waals surface area contributed by atoms with Gasteiger partial charge in [-0.2, -0.15) is 5.10 Å². The third-order valence-electron chi connectivity index (χ3n) is 1.11. The lowest BCUT2D eigenvalue weighted by Crippen LogP contribution is -2.07. The van der Waals surface area contributed by atoms with Gasteiger partial charge in [-0.3, -0.25) is 5.10 Å². The molecule has 0 aliphatic rings. The first-order chi connectivity index (χ1) is 5.08. The van der Waals surface area contributed by atoms with Crippen molar-refractivity contribution >= 4 is 11.8 Å². The summed E-state index contributed by atoms with van der Waals surface area (Å²) >= 11 is 1.86. The number of rotatable bonds is 2. The molecule has 62 valence electrons. The zero-order valence-electron chi connectivity index (χ0n) is 7.09. The van der Waals surface area contributed by atoms with E-state index in [1.54, 1.807) is 6.33 Å². The molecule has 1 N–H and O–H groups in total. The van der Waals surface area contributed by atoms with Gasteiger partial charge >= 0.3 is 0 Å². The molecule has 0 aliphatic carbocycles. The van der Waals surface area contributed by atoms with Crippen molar-refractivity contribution < 1.29 is 0 Å². The van der Waals surface area contributed by atoms with Gasteiger partial charge in [-0.25, -0.2) is 4.98 Å². The van der Waals surface area contributed by atoms with Gasteiger partial charge in [0.25, 0.3) is 0 Å². The van der Waals surface area contributed by atoms with Gasteiger partial charge in [0.05, 0.1) is 5.75 Å². The average molecular weight is 171 g/mol. The first-order valence-corrected chi connectivity index (χ1v) is 4.55. The lowest BCUT2D eigenvalue weighted by Gasteiger charge is -2.15. The smallest absolute Gasteiger partial charge is 0.137 e. The molecule has 0 saturated heterocycles. The van der Waals surface area contributed by atoms with Crippen molar-refractivity contribution in [3.8, 4) is 0 Å². The van der Waals surface area contributed by atoms with Crippen LogP contribution in [-0.2, 0) is 5.75 Å². The molecule has 0 spiro atoms. The molecule has 0 unspecified atom stereocenters. The van der Waals surface area contributed by atoms with E-state index >= 15 is 0 Å². The normalized spacial score (nSPS) is 11.9. The van der Waals surface area contributed by atoms with E-state index in [9.17, 15) is 0 Å². The molecule has 0 amide bonds. The monoisotopic (exact) mass is 171 g/mol. The van der Waals surface area contributed by atoms with E-state index in [0.29, 0.717) is 4.75 Å². The van der Waals surface area contributed by atoms with Gasteiger partial charge < -0.3 is 0 Å². The van der Waals surface area contributed by atoms with Crippen molar-refractivity contribution in [1.82, 2.24) is 15.2 Å². The number of nitrogens with zero attached hydrogens (tertiary/aromatic N) is 2. The third-order valence-corrected chi connectivity index (χ3v) is 2.39. The van der Waals surface area contributed by atoms with Gasteiger partial charge in [0.1, 0.15) is 12.2 Å². The van der Waals surface area contributed by atoms with Gasteiger partial charge in [-0.15, -0.1) is 11.8 Å². The van der Waals surface area contributed by atoms with Crippen molar-refractivity contribution in [3.05, 3.63) is 12.2 Å². The molecule has 4 heteroatoms. The minimum absolute atomic E-state index is 0.298. The Morgan fingerprint density at radius 2 is 2.27 bits per heavy atom. The molecule has 0 fully saturated rings. The predicted octanol–water partition coefficient (Wildman–Crippen LogP) is 1.84. The molecule has 3 nitrogen and oxygen atoms in total. The molecule has 0 aromatic carbocycles. The standard InChI is InChI=1S/C7H13N3S/c1-7(2,3)11-4-6-8-5-9-10-6/h5H,4H2,1-3H3,(H,8,9,10). The summed E-state index contributed by atoms with van der Waals surface area (Å²) in [5.41, 5.74) is 0. The molecule has 1 heterocycles. The van der Waals surface area contributed by atoms with Crippen molar-refractivity contribution in [2.45, 2.75) is 31.3 Å². The maximum atomic E-state index is 4.03. The van der Waals surface area contributed by atoms with Crippen molar-refractivity contribution in [2.24, 2.45) is 0 Å². The summed E-state index contributed by atoms with van der Waals surface area (Å²) in [6.07, 6.45) is 1.54. The zero-order valence-corrected chi connectivity index (χ0v) is 7.90. The summed E-state index contributed by atoms with van der Waals surface area (Å²) in [6.45, 7) is 6.57. The highest BCUT2D eigenvalue weighted by atomic mass is 32.2. The van der Waals surface area contributed by atoms with E-state index in [0.717, 1.165) is 11.6 Å². The summed E-state index contributed by atoms with van der Waals surface area (Å²) < 4.78 is 0.298. The Morgan fingerprint density at radius 3 is 2.73 bits per heavy atom. The summed E-state index contributed by atoms with van der Waals surface area (Å²) in [7, 11) is 0. The Morgan fingerprint density at radius 1 is 1.55 bits per heavy atom. The van der Waals surface area contributed by atoms with Crippen LogP contribution in [0, 0.1) is 0 Å². The van der Waals surface area contributed by atoms with Crippen LogP contribution in [0.4, 0.5) is 0 Å². The van der Waals surface area contributed by atoms with Crippen LogP contribution in [0.2, 0.25) is 0 Å². The molecule has 11 heavy (non-hydrogen) atoms. The molecule has 1 aromatic rings. The molecule has 0 aliphatic heterocycles. The summed E-state index contributed by atoms with van der Waals surface area (Å²) in [5.74, 6) is 1.86. The van der Waals surface area contributed by atoms with E-state index in [1.165, 1.54) is 0 Å². The Hall–Kier alpha value is -0.510. The number of hydrogen-bond acceptors (Lipinski definition) is 3. The SMILES string of the molecule is CC(C)(C)SCc1ncn[nH]1. The largest absolute Gasteiger partial charge is 0.263 e. The van der Waals surface area contributed by atoms with Crippen LogP contribution in [0.5, 0.6) is 0 Å². The second-order valence-corrected chi connectivity index (χ2v) is 5.14. The van der Waals surface area contributed by atoms with Crippen LogP contribution in [0.1, 0.15) is 26.6 Å². The molecule has 0 saturated carbocycles. The van der Waals surface area contributed by atoms with Crippen LogP contribution in [0.3, 0.4) is 0 Å². The number of H-pyrrole nitrogens is 1. The Labute approximate surface area is 71.0 Å². The van der Waals surface area contributed by atoms with Crippen LogP contribution < -0.4 is 0 Å². The molecular formula is C7H13N3S. The first kappa shape index (κ1) is 8.59. The quantitative estimate of drug-likeness (QED) is 0.738.